The fourth-order valence-corrected chi connectivity index (χ4v) is 2.35. The normalized spacial score (nSPS) is 11.4. The molecule has 0 saturated heterocycles. The van der Waals surface area contributed by atoms with Crippen molar-refractivity contribution in [1.82, 2.24) is 5.43 Å². The van der Waals surface area contributed by atoms with E-state index in [-0.39, 0.29) is 11.8 Å². The number of carbonyl (C=O) groups is 1. The molecule has 10 heteroatoms. The molecule has 30 heavy (non-hydrogen) atoms. The Hall–Kier alpha value is -4.34. The van der Waals surface area contributed by atoms with Gasteiger partial charge in [-0.15, -0.1) is 5.10 Å². The van der Waals surface area contributed by atoms with Crippen molar-refractivity contribution < 1.29 is 4.79 Å². The van der Waals surface area contributed by atoms with Gasteiger partial charge in [0.2, 0.25) is 5.96 Å². The van der Waals surface area contributed by atoms with Crippen molar-refractivity contribution in [3.05, 3.63) is 72.1 Å². The molecular weight excluding hydrogens is 382 g/mol. The first-order chi connectivity index (χ1) is 14.2. The van der Waals surface area contributed by atoms with Crippen LogP contribution in [0.2, 0.25) is 0 Å². The zero-order valence-corrected chi connectivity index (χ0v) is 16.8. The van der Waals surface area contributed by atoms with Crippen LogP contribution in [0.3, 0.4) is 0 Å². The van der Waals surface area contributed by atoms with Gasteiger partial charge >= 0.3 is 6.03 Å². The van der Waals surface area contributed by atoms with Crippen molar-refractivity contribution >= 4 is 34.8 Å². The summed E-state index contributed by atoms with van der Waals surface area (Å²) in [5.41, 5.74) is 22.7. The lowest BCUT2D eigenvalue weighted by Crippen LogP contribution is -2.22. The fourth-order valence-electron chi connectivity index (χ4n) is 2.35. The number of rotatable bonds is 7. The number of hydrogen-bond acceptors (Lipinski definition) is 6. The summed E-state index contributed by atoms with van der Waals surface area (Å²) in [6.07, 6.45) is 0. The van der Waals surface area contributed by atoms with Crippen LogP contribution in [0.25, 0.3) is 0 Å². The Labute approximate surface area is 174 Å². The van der Waals surface area contributed by atoms with E-state index in [4.69, 9.17) is 17.2 Å². The van der Waals surface area contributed by atoms with Crippen LogP contribution in [0.15, 0.2) is 76.2 Å². The molecule has 10 nitrogen and oxygen atoms in total. The van der Waals surface area contributed by atoms with Gasteiger partial charge < -0.3 is 27.8 Å². The van der Waals surface area contributed by atoms with Gasteiger partial charge in [0.1, 0.15) is 5.82 Å². The Morgan fingerprint density at radius 1 is 0.867 bits per heavy atom. The summed E-state index contributed by atoms with van der Waals surface area (Å²) in [6, 6.07) is 14.0. The second kappa shape index (κ2) is 10.3. The van der Waals surface area contributed by atoms with E-state index >= 15 is 0 Å². The van der Waals surface area contributed by atoms with Gasteiger partial charge in [0.25, 0.3) is 0 Å². The first-order valence-electron chi connectivity index (χ1n) is 8.91. The lowest BCUT2D eigenvalue weighted by molar-refractivity contribution is 0.262. The third-order valence-corrected chi connectivity index (χ3v) is 3.76. The summed E-state index contributed by atoms with van der Waals surface area (Å²) in [4.78, 5) is 12.4. The quantitative estimate of drug-likeness (QED) is 0.234. The Bertz CT molecular complexity index is 1020. The maximum atomic E-state index is 12.4. The first-order valence-corrected chi connectivity index (χ1v) is 8.91. The molecule has 0 aromatic heterocycles. The molecule has 0 unspecified atom stereocenters. The van der Waals surface area contributed by atoms with E-state index in [0.29, 0.717) is 22.8 Å². The zero-order valence-electron chi connectivity index (χ0n) is 16.8. The van der Waals surface area contributed by atoms with E-state index in [1.165, 1.54) is 0 Å². The number of hydrazone groups is 1. The molecule has 0 aliphatic carbocycles. The van der Waals surface area contributed by atoms with E-state index in [0.717, 1.165) is 11.1 Å². The van der Waals surface area contributed by atoms with E-state index in [9.17, 15) is 4.79 Å². The highest BCUT2D eigenvalue weighted by Crippen LogP contribution is 2.15. The number of urea groups is 1. The van der Waals surface area contributed by atoms with E-state index < -0.39 is 6.03 Å². The Morgan fingerprint density at radius 3 is 1.90 bits per heavy atom. The summed E-state index contributed by atoms with van der Waals surface area (Å²) < 4.78 is 0. The number of amides is 2. The molecule has 2 aromatic carbocycles. The Balaban J connectivity index is 2.08. The third-order valence-electron chi connectivity index (χ3n) is 3.76. The average molecular weight is 407 g/mol. The van der Waals surface area contributed by atoms with E-state index in [1.54, 1.807) is 37.3 Å². The maximum Gasteiger partial charge on any atom is 0.323 e. The van der Waals surface area contributed by atoms with Gasteiger partial charge in [-0.3, -0.25) is 5.43 Å². The average Bonchev–Trinajstić information content (AvgIpc) is 2.70. The number of carbonyl (C=O) groups excluding carboxylic acids is 1. The number of benzene rings is 2. The third kappa shape index (κ3) is 7.00. The van der Waals surface area contributed by atoms with Gasteiger partial charge in [0.05, 0.1) is 11.4 Å². The van der Waals surface area contributed by atoms with Gasteiger partial charge in [-0.2, -0.15) is 10.2 Å². The molecule has 0 bridgehead atoms. The molecule has 0 radical (unpaired) electrons. The summed E-state index contributed by atoms with van der Waals surface area (Å²) in [5.74, 6) is 0.109. The largest absolute Gasteiger partial charge is 0.385 e. The van der Waals surface area contributed by atoms with Gasteiger partial charge in [0.15, 0.2) is 0 Å². The van der Waals surface area contributed by atoms with E-state index in [1.807, 2.05) is 25.1 Å². The highest BCUT2D eigenvalue weighted by atomic mass is 16.2. The molecule has 2 rings (SSSR count). The number of nitrogens with zero attached hydrogens (tertiary/aromatic N) is 3. The van der Waals surface area contributed by atoms with Gasteiger partial charge in [-0.25, -0.2) is 4.79 Å². The van der Waals surface area contributed by atoms with Crippen LogP contribution in [0, 0.1) is 0 Å². The summed E-state index contributed by atoms with van der Waals surface area (Å²) in [5, 5.41) is 17.2. The predicted molar refractivity (Wildman–Crippen MR) is 122 cm³/mol. The first kappa shape index (κ1) is 22.0. The van der Waals surface area contributed by atoms with Crippen LogP contribution < -0.4 is 33.3 Å². The number of anilines is 2. The molecule has 0 saturated carbocycles. The Kier molecular flexibility index (Phi) is 7.52. The van der Waals surface area contributed by atoms with Crippen LogP contribution in [-0.2, 0) is 0 Å². The lowest BCUT2D eigenvalue weighted by Gasteiger charge is -2.10. The molecular formula is C20H25N9O. The standard InChI is InChI=1S/C20H25N9O/c1-12(26-28-14(3)21)15-6-4-8-17(10-15)24-20(30)25-18-9-5-7-16(11-18)13(2)27-29-19(22)23/h4-11,28H,3,21H2,1-2H3,(H4,22,23,29)(H2,24,25,30)/b26-12+,27-13+. The smallest absolute Gasteiger partial charge is 0.323 e. The van der Waals surface area contributed by atoms with Crippen molar-refractivity contribution in [2.24, 2.45) is 32.5 Å². The van der Waals surface area contributed by atoms with E-state index in [2.05, 4.69) is 37.9 Å². The van der Waals surface area contributed by atoms with Crippen LogP contribution >= 0.6 is 0 Å². The van der Waals surface area contributed by atoms with Crippen LogP contribution in [0.1, 0.15) is 25.0 Å². The molecule has 2 amide bonds. The van der Waals surface area contributed by atoms with Crippen molar-refractivity contribution in [2.75, 3.05) is 10.6 Å². The molecule has 0 atom stereocenters. The van der Waals surface area contributed by atoms with Crippen molar-refractivity contribution in [2.45, 2.75) is 13.8 Å². The Morgan fingerprint density at radius 2 is 1.40 bits per heavy atom. The maximum absolute atomic E-state index is 12.4. The zero-order chi connectivity index (χ0) is 22.1. The number of guanidine groups is 1. The lowest BCUT2D eigenvalue weighted by atomic mass is 10.1. The van der Waals surface area contributed by atoms with Gasteiger partial charge in [-0.05, 0) is 49.2 Å². The molecule has 0 fully saturated rings. The monoisotopic (exact) mass is 407 g/mol. The highest BCUT2D eigenvalue weighted by Gasteiger charge is 2.06. The number of hydrogen-bond donors (Lipinski definition) is 6. The second-order valence-electron chi connectivity index (χ2n) is 6.29. The fraction of sp³-hybridized carbons (Fsp3) is 0.100. The van der Waals surface area contributed by atoms with Crippen LogP contribution in [0.4, 0.5) is 16.2 Å². The van der Waals surface area contributed by atoms with Gasteiger partial charge in [0, 0.05) is 11.4 Å². The summed E-state index contributed by atoms with van der Waals surface area (Å²) in [7, 11) is 0. The van der Waals surface area contributed by atoms with Crippen LogP contribution in [0.5, 0.6) is 0 Å². The highest BCUT2D eigenvalue weighted by molar-refractivity contribution is 6.04. The second-order valence-corrected chi connectivity index (χ2v) is 6.29. The molecule has 0 spiro atoms. The molecule has 0 aliphatic rings. The minimum absolute atomic E-state index is 0.130. The minimum atomic E-state index is -0.397. The molecule has 156 valence electrons. The molecule has 9 N–H and O–H groups in total. The number of nitrogens with two attached hydrogens (primary N) is 3. The van der Waals surface area contributed by atoms with Crippen molar-refractivity contribution in [1.29, 1.82) is 0 Å². The summed E-state index contributed by atoms with van der Waals surface area (Å²) in [6.45, 7) is 7.09. The van der Waals surface area contributed by atoms with Crippen molar-refractivity contribution in [3.63, 3.8) is 0 Å². The molecule has 0 heterocycles. The number of nitrogens with one attached hydrogen (secondary N) is 3. The topological polar surface area (TPSA) is 168 Å². The molecule has 0 aliphatic heterocycles. The summed E-state index contributed by atoms with van der Waals surface area (Å²) >= 11 is 0. The van der Waals surface area contributed by atoms with Gasteiger partial charge in [-0.1, -0.05) is 30.8 Å². The minimum Gasteiger partial charge on any atom is -0.385 e. The molecule has 2 aromatic rings. The van der Waals surface area contributed by atoms with Crippen LogP contribution in [-0.4, -0.2) is 23.4 Å². The van der Waals surface area contributed by atoms with Crippen molar-refractivity contribution in [3.8, 4) is 0 Å². The SMILES string of the molecule is C=C(N)N/N=C(\C)c1cccc(NC(=O)Nc2cccc(/C(C)=N/N=C(N)N)c2)c1. The predicted octanol–water partition coefficient (Wildman–Crippen LogP) is 2.07.